The molecule has 4 aromatic heterocycles. The molecule has 1 aromatic carbocycles. The summed E-state index contributed by atoms with van der Waals surface area (Å²) in [5.41, 5.74) is 7.09. The van der Waals surface area contributed by atoms with E-state index in [9.17, 15) is 4.39 Å². The van der Waals surface area contributed by atoms with E-state index in [2.05, 4.69) is 37.8 Å². The largest absolute Gasteiger partial charge is 0.353 e. The van der Waals surface area contributed by atoms with Gasteiger partial charge in [0, 0.05) is 40.3 Å². The van der Waals surface area contributed by atoms with Gasteiger partial charge in [-0.3, -0.25) is 15.1 Å². The third-order valence-electron chi connectivity index (χ3n) is 5.61. The zero-order valence-electron chi connectivity index (χ0n) is 18.4. The molecule has 0 aliphatic heterocycles. The summed E-state index contributed by atoms with van der Waals surface area (Å²) in [7, 11) is 0. The van der Waals surface area contributed by atoms with Crippen LogP contribution in [0.5, 0.6) is 0 Å². The maximum Gasteiger partial charge on any atom is 0.123 e. The van der Waals surface area contributed by atoms with Crippen LogP contribution in [0.1, 0.15) is 18.1 Å². The van der Waals surface area contributed by atoms with Crippen molar-refractivity contribution in [1.82, 2.24) is 25.1 Å². The second-order valence-electron chi connectivity index (χ2n) is 7.92. The topological polar surface area (TPSA) is 70.2 Å². The molecule has 2 N–H and O–H groups in total. The van der Waals surface area contributed by atoms with Gasteiger partial charge < -0.3 is 4.98 Å². The molecule has 0 fully saturated rings. The van der Waals surface area contributed by atoms with Crippen molar-refractivity contribution in [2.45, 2.75) is 13.8 Å². The van der Waals surface area contributed by atoms with Gasteiger partial charge >= 0.3 is 0 Å². The van der Waals surface area contributed by atoms with Gasteiger partial charge in [0.1, 0.15) is 11.5 Å². The first-order valence-corrected chi connectivity index (χ1v) is 10.6. The Kier molecular flexibility index (Phi) is 5.18. The maximum absolute atomic E-state index is 13.4. The van der Waals surface area contributed by atoms with Gasteiger partial charge in [0.05, 0.1) is 16.7 Å². The molecule has 0 spiro atoms. The number of fused-ring (bicyclic) bond motifs is 1. The molecule has 0 atom stereocenters. The molecule has 0 bridgehead atoms. The first kappa shape index (κ1) is 20.6. The normalized spacial score (nSPS) is 12.6. The molecule has 5 aromatic rings. The van der Waals surface area contributed by atoms with Crippen LogP contribution in [0.3, 0.4) is 0 Å². The summed E-state index contributed by atoms with van der Waals surface area (Å²) < 4.78 is 13.4. The summed E-state index contributed by atoms with van der Waals surface area (Å²) in [4.78, 5) is 12.3. The van der Waals surface area contributed by atoms with Crippen LogP contribution in [-0.2, 0) is 0 Å². The number of rotatable bonds is 4. The molecule has 0 amide bonds. The fourth-order valence-corrected chi connectivity index (χ4v) is 3.94. The predicted molar refractivity (Wildman–Crippen MR) is 131 cm³/mol. The lowest BCUT2D eigenvalue weighted by atomic mass is 10.1. The highest BCUT2D eigenvalue weighted by Crippen LogP contribution is 2.29. The minimum Gasteiger partial charge on any atom is -0.353 e. The Morgan fingerprint density at radius 2 is 1.88 bits per heavy atom. The SMILES string of the molecule is C=C(/C=c1/c(-c2cc3c(-c4ccc(F)cc4)nccc3[nH]2)n[nH]/c1=C/C)c1cncc(C)c1. The van der Waals surface area contributed by atoms with E-state index in [1.165, 1.54) is 12.1 Å². The molecule has 162 valence electrons. The molecule has 5 nitrogen and oxygen atoms in total. The van der Waals surface area contributed by atoms with Crippen molar-refractivity contribution < 1.29 is 4.39 Å². The van der Waals surface area contributed by atoms with Crippen molar-refractivity contribution in [1.29, 1.82) is 0 Å². The smallest absolute Gasteiger partial charge is 0.123 e. The summed E-state index contributed by atoms with van der Waals surface area (Å²) in [6.07, 6.45) is 9.39. The van der Waals surface area contributed by atoms with Crippen LogP contribution in [0, 0.1) is 12.7 Å². The van der Waals surface area contributed by atoms with Crippen LogP contribution in [0.15, 0.2) is 67.6 Å². The van der Waals surface area contributed by atoms with Crippen molar-refractivity contribution in [3.63, 3.8) is 0 Å². The van der Waals surface area contributed by atoms with E-state index >= 15 is 0 Å². The Morgan fingerprint density at radius 1 is 1.06 bits per heavy atom. The van der Waals surface area contributed by atoms with Crippen LogP contribution < -0.4 is 10.6 Å². The second-order valence-corrected chi connectivity index (χ2v) is 7.92. The zero-order chi connectivity index (χ0) is 22.9. The number of hydrogen-bond acceptors (Lipinski definition) is 3. The van der Waals surface area contributed by atoms with Gasteiger partial charge in [-0.15, -0.1) is 0 Å². The Labute approximate surface area is 190 Å². The third-order valence-corrected chi connectivity index (χ3v) is 5.61. The molecule has 0 radical (unpaired) electrons. The Hall–Kier alpha value is -4.32. The average Bonchev–Trinajstić information content (AvgIpc) is 3.43. The molecule has 6 heteroatoms. The number of H-pyrrole nitrogens is 2. The summed E-state index contributed by atoms with van der Waals surface area (Å²) in [6.45, 7) is 8.23. The van der Waals surface area contributed by atoms with Gasteiger partial charge in [-0.05, 0) is 79.1 Å². The van der Waals surface area contributed by atoms with Crippen LogP contribution in [0.2, 0.25) is 0 Å². The van der Waals surface area contributed by atoms with Crippen molar-refractivity contribution in [2.24, 2.45) is 0 Å². The van der Waals surface area contributed by atoms with Crippen LogP contribution in [0.4, 0.5) is 4.39 Å². The van der Waals surface area contributed by atoms with Gasteiger partial charge in [-0.1, -0.05) is 12.7 Å². The summed E-state index contributed by atoms with van der Waals surface area (Å²) in [5.74, 6) is -0.273. The van der Waals surface area contributed by atoms with Crippen LogP contribution in [0.25, 0.3) is 51.3 Å². The Balaban J connectivity index is 1.66. The second kappa shape index (κ2) is 8.31. The fraction of sp³-hybridized carbons (Fsp3) is 0.0741. The van der Waals surface area contributed by atoms with E-state index in [0.29, 0.717) is 0 Å². The van der Waals surface area contributed by atoms with E-state index in [4.69, 9.17) is 0 Å². The molecule has 0 aliphatic rings. The van der Waals surface area contributed by atoms with Crippen LogP contribution in [-0.4, -0.2) is 25.1 Å². The van der Waals surface area contributed by atoms with E-state index < -0.39 is 0 Å². The van der Waals surface area contributed by atoms with Crippen molar-refractivity contribution in [2.75, 3.05) is 0 Å². The first-order valence-electron chi connectivity index (χ1n) is 10.6. The summed E-state index contributed by atoms with van der Waals surface area (Å²) in [6, 6.07) is 12.4. The zero-order valence-corrected chi connectivity index (χ0v) is 18.4. The van der Waals surface area contributed by atoms with Gasteiger partial charge in [-0.25, -0.2) is 4.39 Å². The van der Waals surface area contributed by atoms with Crippen molar-refractivity contribution in [3.05, 3.63) is 95.1 Å². The average molecular weight is 436 g/mol. The lowest BCUT2D eigenvalue weighted by Gasteiger charge is -2.02. The number of aromatic amines is 2. The molecular weight excluding hydrogens is 413 g/mol. The fourth-order valence-electron chi connectivity index (χ4n) is 3.94. The van der Waals surface area contributed by atoms with Gasteiger partial charge in [0.15, 0.2) is 0 Å². The van der Waals surface area contributed by atoms with E-state index in [1.54, 1.807) is 18.3 Å². The lowest BCUT2D eigenvalue weighted by Crippen LogP contribution is -2.23. The summed E-state index contributed by atoms with van der Waals surface area (Å²) in [5, 5.41) is 10.5. The molecule has 5 rings (SSSR count). The number of nitrogens with one attached hydrogen (secondary N) is 2. The number of pyridine rings is 2. The third kappa shape index (κ3) is 3.87. The standard InChI is InChI=1S/C27H22FN5/c1-4-23-21(12-17(3)19-11-16(2)14-29-15-19)27(33-32-23)25-13-22-24(31-25)9-10-30-26(22)18-5-7-20(28)8-6-18/h4-15,31-32H,3H2,1-2H3/b21-12+,23-4+. The molecule has 0 unspecified atom stereocenters. The maximum atomic E-state index is 13.4. The lowest BCUT2D eigenvalue weighted by molar-refractivity contribution is 0.628. The molecule has 0 saturated carbocycles. The minimum absolute atomic E-state index is 0.273. The molecule has 0 aliphatic carbocycles. The monoisotopic (exact) mass is 435 g/mol. The number of nitrogens with zero attached hydrogens (tertiary/aromatic N) is 3. The number of aromatic nitrogens is 5. The highest BCUT2D eigenvalue weighted by atomic mass is 19.1. The number of allylic oxidation sites excluding steroid dienone is 1. The molecule has 4 heterocycles. The number of hydrogen-bond donors (Lipinski definition) is 2. The number of benzene rings is 1. The minimum atomic E-state index is -0.273. The molecule has 0 saturated heterocycles. The number of halogens is 1. The van der Waals surface area contributed by atoms with Gasteiger partial charge in [-0.2, -0.15) is 5.10 Å². The van der Waals surface area contributed by atoms with E-state index in [0.717, 1.165) is 60.8 Å². The predicted octanol–water partition coefficient (Wildman–Crippen LogP) is 4.76. The van der Waals surface area contributed by atoms with Gasteiger partial charge in [0.25, 0.3) is 0 Å². The van der Waals surface area contributed by atoms with Crippen LogP contribution >= 0.6 is 0 Å². The Morgan fingerprint density at radius 3 is 2.64 bits per heavy atom. The molecular formula is C27H22FN5. The highest BCUT2D eigenvalue weighted by molar-refractivity contribution is 5.96. The van der Waals surface area contributed by atoms with E-state index in [-0.39, 0.29) is 5.82 Å². The molecule has 33 heavy (non-hydrogen) atoms. The quantitative estimate of drug-likeness (QED) is 0.428. The van der Waals surface area contributed by atoms with Gasteiger partial charge in [0.2, 0.25) is 0 Å². The van der Waals surface area contributed by atoms with Crippen molar-refractivity contribution >= 4 is 28.6 Å². The number of aryl methyl sites for hydroxylation is 1. The summed E-state index contributed by atoms with van der Waals surface area (Å²) >= 11 is 0. The van der Waals surface area contributed by atoms with E-state index in [1.807, 2.05) is 50.5 Å². The first-order chi connectivity index (χ1) is 16.0. The van der Waals surface area contributed by atoms with Crippen molar-refractivity contribution in [3.8, 4) is 22.6 Å². The Bertz CT molecular complexity index is 1610. The highest BCUT2D eigenvalue weighted by Gasteiger charge is 2.13.